The molecule has 0 unspecified atom stereocenters. The molecule has 0 radical (unpaired) electrons. The minimum absolute atomic E-state index is 0.0171. The first-order valence-corrected chi connectivity index (χ1v) is 11.2. The van der Waals surface area contributed by atoms with Gasteiger partial charge in [-0.2, -0.15) is 0 Å². The fourth-order valence-electron chi connectivity index (χ4n) is 3.11. The van der Waals surface area contributed by atoms with Gasteiger partial charge < -0.3 is 9.90 Å². The number of aliphatic carboxylic acids is 1. The van der Waals surface area contributed by atoms with Crippen LogP contribution in [0.5, 0.6) is 0 Å². The molecule has 0 aromatic heterocycles. The summed E-state index contributed by atoms with van der Waals surface area (Å²) in [5, 5.41) is 10.3. The van der Waals surface area contributed by atoms with Crippen LogP contribution < -0.4 is 5.11 Å². The third-order valence-corrected chi connectivity index (χ3v) is 6.14. The number of carbonyl (C=O) groups is 2. The average molecular weight is 419 g/mol. The zero-order valence-corrected chi connectivity index (χ0v) is 18.1. The van der Waals surface area contributed by atoms with Crippen LogP contribution in [0.1, 0.15) is 68.9 Å². The number of amides is 1. The summed E-state index contributed by atoms with van der Waals surface area (Å²) in [6.07, 6.45) is 10.3. The molecule has 0 N–H and O–H groups in total. The van der Waals surface area contributed by atoms with E-state index in [1.165, 1.54) is 17.3 Å². The first kappa shape index (κ1) is 22.6. The maximum atomic E-state index is 12.6. The van der Waals surface area contributed by atoms with E-state index in [0.717, 1.165) is 50.5 Å². The second kappa shape index (κ2) is 12.0. The zero-order chi connectivity index (χ0) is 20.4. The monoisotopic (exact) mass is 418 g/mol. The van der Waals surface area contributed by atoms with Gasteiger partial charge in [-0.15, -0.1) is 0 Å². The number of rotatable bonds is 12. The lowest BCUT2D eigenvalue weighted by molar-refractivity contribution is -0.305. The molecular weight excluding hydrogens is 390 g/mol. The number of aryl methyl sites for hydroxylation is 1. The Morgan fingerprint density at radius 2 is 1.61 bits per heavy atom. The molecule has 152 valence electrons. The summed E-state index contributed by atoms with van der Waals surface area (Å²) in [5.74, 6) is -0.937. The van der Waals surface area contributed by atoms with E-state index in [2.05, 4.69) is 0 Å². The molecule has 28 heavy (non-hydrogen) atoms. The first-order chi connectivity index (χ1) is 13.5. The number of carboxylic acid groups (broad SMARTS) is 1. The van der Waals surface area contributed by atoms with Crippen LogP contribution in [0.4, 0.5) is 0 Å². The summed E-state index contributed by atoms with van der Waals surface area (Å²) < 4.78 is 0.649. The normalized spacial score (nSPS) is 15.6. The number of hydrogen-bond donors (Lipinski definition) is 0. The molecule has 0 aliphatic carbocycles. The van der Waals surface area contributed by atoms with Gasteiger partial charge in [0.25, 0.3) is 5.91 Å². The maximum Gasteiger partial charge on any atom is 0.266 e. The van der Waals surface area contributed by atoms with Gasteiger partial charge in [0.05, 0.1) is 4.91 Å². The lowest BCUT2D eigenvalue weighted by atomic mass is 10.1. The van der Waals surface area contributed by atoms with E-state index in [1.54, 1.807) is 4.90 Å². The van der Waals surface area contributed by atoms with Crippen LogP contribution in [-0.4, -0.2) is 27.6 Å². The van der Waals surface area contributed by atoms with Gasteiger partial charge in [0.2, 0.25) is 0 Å². The molecule has 0 atom stereocenters. The molecule has 0 saturated carbocycles. The summed E-state index contributed by atoms with van der Waals surface area (Å²) >= 11 is 6.78. The molecule has 1 amide bonds. The Morgan fingerprint density at radius 3 is 2.21 bits per heavy atom. The van der Waals surface area contributed by atoms with Crippen LogP contribution in [0.25, 0.3) is 6.08 Å². The van der Waals surface area contributed by atoms with E-state index in [0.29, 0.717) is 22.2 Å². The van der Waals surface area contributed by atoms with Gasteiger partial charge in [-0.1, -0.05) is 92.3 Å². The molecule has 1 saturated heterocycles. The van der Waals surface area contributed by atoms with Crippen LogP contribution in [0.3, 0.4) is 0 Å². The van der Waals surface area contributed by atoms with Crippen molar-refractivity contribution in [2.24, 2.45) is 0 Å². The van der Waals surface area contributed by atoms with Gasteiger partial charge in [0.1, 0.15) is 4.32 Å². The maximum absolute atomic E-state index is 12.6. The second-order valence-corrected chi connectivity index (χ2v) is 8.87. The SMILES string of the molecule is Cc1ccc(/C=C2\SC(=S)N(CCCCCCCCCCC(=O)[O-])C2=O)cc1. The van der Waals surface area contributed by atoms with E-state index in [4.69, 9.17) is 12.2 Å². The molecule has 4 nitrogen and oxygen atoms in total. The van der Waals surface area contributed by atoms with Gasteiger partial charge in [-0.3, -0.25) is 9.69 Å². The Balaban J connectivity index is 1.64. The molecule has 1 aromatic rings. The summed E-state index contributed by atoms with van der Waals surface area (Å²) in [6, 6.07) is 8.10. The Bertz CT molecular complexity index is 713. The third kappa shape index (κ3) is 7.76. The fraction of sp³-hybridized carbons (Fsp3) is 0.500. The standard InChI is InChI=1S/C22H29NO3S2/c1-17-11-13-18(14-12-17)16-19-21(26)23(22(27)28-19)15-9-7-5-3-2-4-6-8-10-20(24)25/h11-14,16H,2-10,15H2,1H3,(H,24,25)/p-1/b19-16-. The van der Waals surface area contributed by atoms with Crippen molar-refractivity contribution in [3.8, 4) is 0 Å². The largest absolute Gasteiger partial charge is 0.550 e. The van der Waals surface area contributed by atoms with E-state index in [9.17, 15) is 14.7 Å². The van der Waals surface area contributed by atoms with Gasteiger partial charge in [-0.25, -0.2) is 0 Å². The molecule has 1 aromatic carbocycles. The van der Waals surface area contributed by atoms with Crippen LogP contribution in [0.15, 0.2) is 29.2 Å². The van der Waals surface area contributed by atoms with Crippen LogP contribution >= 0.6 is 24.0 Å². The molecule has 1 aliphatic rings. The van der Waals surface area contributed by atoms with Crippen molar-refractivity contribution in [2.45, 2.75) is 64.7 Å². The quantitative estimate of drug-likeness (QED) is 0.285. The highest BCUT2D eigenvalue weighted by molar-refractivity contribution is 8.26. The zero-order valence-electron chi connectivity index (χ0n) is 16.4. The van der Waals surface area contributed by atoms with E-state index in [1.807, 2.05) is 37.3 Å². The van der Waals surface area contributed by atoms with Crippen LogP contribution in [-0.2, 0) is 9.59 Å². The van der Waals surface area contributed by atoms with Crippen molar-refractivity contribution in [2.75, 3.05) is 6.54 Å². The number of benzene rings is 1. The highest BCUT2D eigenvalue weighted by Crippen LogP contribution is 2.32. The lowest BCUT2D eigenvalue weighted by Crippen LogP contribution is -2.29. The number of nitrogens with zero attached hydrogens (tertiary/aromatic N) is 1. The Labute approximate surface area is 177 Å². The van der Waals surface area contributed by atoms with Crippen molar-refractivity contribution in [3.05, 3.63) is 40.3 Å². The predicted octanol–water partition coefficient (Wildman–Crippen LogP) is 4.46. The van der Waals surface area contributed by atoms with Crippen LogP contribution in [0.2, 0.25) is 0 Å². The average Bonchev–Trinajstić information content (AvgIpc) is 2.92. The highest BCUT2D eigenvalue weighted by atomic mass is 32.2. The summed E-state index contributed by atoms with van der Waals surface area (Å²) in [7, 11) is 0. The van der Waals surface area contributed by atoms with Crippen molar-refractivity contribution in [3.63, 3.8) is 0 Å². The molecule has 1 aliphatic heterocycles. The number of carbonyl (C=O) groups excluding carboxylic acids is 2. The van der Waals surface area contributed by atoms with Crippen molar-refractivity contribution >= 4 is 46.3 Å². The van der Waals surface area contributed by atoms with Gasteiger partial charge in [0, 0.05) is 12.5 Å². The Hall–Kier alpha value is -1.66. The third-order valence-electron chi connectivity index (χ3n) is 4.76. The molecule has 1 heterocycles. The fourth-order valence-corrected chi connectivity index (χ4v) is 4.42. The molecule has 2 rings (SSSR count). The second-order valence-electron chi connectivity index (χ2n) is 7.19. The summed E-state index contributed by atoms with van der Waals surface area (Å²) in [5.41, 5.74) is 2.22. The van der Waals surface area contributed by atoms with Gasteiger partial charge in [0.15, 0.2) is 0 Å². The number of thiocarbonyl (C=S) groups is 1. The number of thioether (sulfide) groups is 1. The van der Waals surface area contributed by atoms with Gasteiger partial charge >= 0.3 is 0 Å². The Kier molecular flexibility index (Phi) is 9.71. The smallest absolute Gasteiger partial charge is 0.266 e. The van der Waals surface area contributed by atoms with E-state index >= 15 is 0 Å². The molecule has 0 bridgehead atoms. The predicted molar refractivity (Wildman–Crippen MR) is 118 cm³/mol. The summed E-state index contributed by atoms with van der Waals surface area (Å²) in [4.78, 5) is 25.4. The lowest BCUT2D eigenvalue weighted by Gasteiger charge is -2.14. The molecule has 0 spiro atoms. The topological polar surface area (TPSA) is 60.4 Å². The first-order valence-electron chi connectivity index (χ1n) is 9.99. The number of hydrogen-bond acceptors (Lipinski definition) is 5. The Morgan fingerprint density at radius 1 is 1.04 bits per heavy atom. The van der Waals surface area contributed by atoms with Crippen LogP contribution in [0, 0.1) is 6.92 Å². The highest BCUT2D eigenvalue weighted by Gasteiger charge is 2.31. The van der Waals surface area contributed by atoms with Crippen molar-refractivity contribution < 1.29 is 14.7 Å². The molecule has 1 fully saturated rings. The minimum atomic E-state index is -0.954. The molecule has 6 heteroatoms. The number of unbranched alkanes of at least 4 members (excludes halogenated alkanes) is 7. The summed E-state index contributed by atoms with van der Waals surface area (Å²) in [6.45, 7) is 2.72. The van der Waals surface area contributed by atoms with Crippen molar-refractivity contribution in [1.29, 1.82) is 0 Å². The minimum Gasteiger partial charge on any atom is -0.550 e. The number of carboxylic acids is 1. The molecular formula is C22H28NO3S2-. The van der Waals surface area contributed by atoms with Crippen molar-refractivity contribution in [1.82, 2.24) is 4.90 Å². The van der Waals surface area contributed by atoms with E-state index in [-0.39, 0.29) is 12.3 Å². The van der Waals surface area contributed by atoms with Gasteiger partial charge in [-0.05, 0) is 37.8 Å². The van der Waals surface area contributed by atoms with E-state index < -0.39 is 5.97 Å².